The summed E-state index contributed by atoms with van der Waals surface area (Å²) < 4.78 is 10.9. The van der Waals surface area contributed by atoms with Gasteiger partial charge in [-0.05, 0) is 42.3 Å². The lowest BCUT2D eigenvalue weighted by atomic mass is 10.1. The number of rotatable bonds is 6. The van der Waals surface area contributed by atoms with Crippen LogP contribution >= 0.6 is 0 Å². The molecule has 1 N–H and O–H groups in total. The van der Waals surface area contributed by atoms with Crippen LogP contribution in [0.2, 0.25) is 0 Å². The number of likely N-dealkylation sites (N-methyl/N-ethyl adjacent to an activating group) is 2. The Morgan fingerprint density at radius 1 is 1.00 bits per heavy atom. The number of imide groups is 2. The molecule has 1 heterocycles. The molecular weight excluding hydrogens is 414 g/mol. The third-order valence-electron chi connectivity index (χ3n) is 4.92. The number of methoxy groups -OCH3 is 1. The van der Waals surface area contributed by atoms with Crippen molar-refractivity contribution in [3.8, 4) is 11.5 Å². The van der Waals surface area contributed by atoms with E-state index in [1.807, 2.05) is 25.1 Å². The third-order valence-corrected chi connectivity index (χ3v) is 4.92. The lowest BCUT2D eigenvalue weighted by Gasteiger charge is -2.28. The molecule has 0 spiro atoms. The van der Waals surface area contributed by atoms with Crippen molar-refractivity contribution < 1.29 is 28.7 Å². The van der Waals surface area contributed by atoms with Gasteiger partial charge < -0.3 is 14.8 Å². The average molecular weight is 437 g/mol. The zero-order valence-corrected chi connectivity index (χ0v) is 18.2. The maximum atomic E-state index is 12.4. The van der Waals surface area contributed by atoms with E-state index in [1.165, 1.54) is 27.3 Å². The van der Waals surface area contributed by atoms with Crippen LogP contribution in [0.25, 0.3) is 6.08 Å². The molecule has 166 valence electrons. The van der Waals surface area contributed by atoms with Crippen molar-refractivity contribution in [1.82, 2.24) is 9.80 Å². The summed E-state index contributed by atoms with van der Waals surface area (Å²) in [6.07, 6.45) is 1.38. The molecule has 0 radical (unpaired) electrons. The molecule has 0 saturated carbocycles. The molecule has 0 bridgehead atoms. The predicted molar refractivity (Wildman–Crippen MR) is 117 cm³/mol. The van der Waals surface area contributed by atoms with Gasteiger partial charge >= 0.3 is 6.03 Å². The van der Waals surface area contributed by atoms with Gasteiger partial charge in [0.15, 0.2) is 18.1 Å². The maximum absolute atomic E-state index is 12.4. The number of urea groups is 1. The van der Waals surface area contributed by atoms with Gasteiger partial charge in [-0.2, -0.15) is 0 Å². The van der Waals surface area contributed by atoms with Crippen LogP contribution in [0.15, 0.2) is 48.0 Å². The van der Waals surface area contributed by atoms with Crippen LogP contribution in [0.5, 0.6) is 11.5 Å². The Morgan fingerprint density at radius 3 is 2.28 bits per heavy atom. The van der Waals surface area contributed by atoms with Crippen LogP contribution in [-0.4, -0.2) is 61.4 Å². The third kappa shape index (κ3) is 4.61. The zero-order chi connectivity index (χ0) is 23.4. The molecule has 0 atom stereocenters. The Kier molecular flexibility index (Phi) is 6.58. The fourth-order valence-electron chi connectivity index (χ4n) is 3.08. The zero-order valence-electron chi connectivity index (χ0n) is 18.2. The second-order valence-electron chi connectivity index (χ2n) is 7.13. The van der Waals surface area contributed by atoms with Crippen molar-refractivity contribution in [2.24, 2.45) is 0 Å². The van der Waals surface area contributed by atoms with E-state index in [0.29, 0.717) is 22.7 Å². The molecule has 32 heavy (non-hydrogen) atoms. The highest BCUT2D eigenvalue weighted by Crippen LogP contribution is 2.29. The fourth-order valence-corrected chi connectivity index (χ4v) is 3.08. The topological polar surface area (TPSA) is 105 Å². The number of nitrogens with zero attached hydrogens (tertiary/aromatic N) is 2. The molecule has 5 amide bonds. The number of para-hydroxylation sites is 1. The first-order valence-electron chi connectivity index (χ1n) is 9.71. The molecule has 0 unspecified atom stereocenters. The van der Waals surface area contributed by atoms with Gasteiger partial charge in [0.25, 0.3) is 17.7 Å². The summed E-state index contributed by atoms with van der Waals surface area (Å²) >= 11 is 0. The minimum atomic E-state index is -0.692. The molecule has 3 rings (SSSR count). The molecule has 1 aliphatic rings. The second-order valence-corrected chi connectivity index (χ2v) is 7.13. The van der Waals surface area contributed by atoms with Gasteiger partial charge in [-0.1, -0.05) is 24.3 Å². The highest BCUT2D eigenvalue weighted by molar-refractivity contribution is 6.30. The predicted octanol–water partition coefficient (Wildman–Crippen LogP) is 2.45. The van der Waals surface area contributed by atoms with E-state index in [4.69, 9.17) is 9.47 Å². The fraction of sp³-hybridized carbons (Fsp3) is 0.217. The molecule has 2 aromatic rings. The number of aryl methyl sites for hydroxylation is 1. The Morgan fingerprint density at radius 2 is 1.66 bits per heavy atom. The first-order valence-corrected chi connectivity index (χ1v) is 9.71. The quantitative estimate of drug-likeness (QED) is 0.550. The van der Waals surface area contributed by atoms with E-state index in [1.54, 1.807) is 24.3 Å². The highest BCUT2D eigenvalue weighted by Gasteiger charge is 2.37. The van der Waals surface area contributed by atoms with Gasteiger partial charge in [-0.3, -0.25) is 24.2 Å². The summed E-state index contributed by atoms with van der Waals surface area (Å²) in [4.78, 5) is 50.5. The van der Waals surface area contributed by atoms with Crippen LogP contribution in [0.3, 0.4) is 0 Å². The summed E-state index contributed by atoms with van der Waals surface area (Å²) in [6, 6.07) is 11.5. The normalized spacial score (nSPS) is 13.9. The van der Waals surface area contributed by atoms with E-state index < -0.39 is 17.8 Å². The van der Waals surface area contributed by atoms with Crippen LogP contribution in [0, 0.1) is 6.92 Å². The number of anilines is 1. The molecule has 1 aliphatic heterocycles. The van der Waals surface area contributed by atoms with Crippen molar-refractivity contribution in [3.63, 3.8) is 0 Å². The lowest BCUT2D eigenvalue weighted by molar-refractivity contribution is -0.134. The summed E-state index contributed by atoms with van der Waals surface area (Å²) in [5.74, 6) is -1.07. The minimum Gasteiger partial charge on any atom is -0.493 e. The number of barbiturate groups is 1. The molecule has 2 aromatic carbocycles. The summed E-state index contributed by atoms with van der Waals surface area (Å²) in [5, 5.41) is 2.78. The van der Waals surface area contributed by atoms with Crippen LogP contribution in [-0.2, 0) is 14.4 Å². The monoisotopic (exact) mass is 437 g/mol. The minimum absolute atomic E-state index is 0.150. The number of carbonyl (C=O) groups excluding carboxylic acids is 4. The second kappa shape index (κ2) is 9.34. The lowest BCUT2D eigenvalue weighted by Crippen LogP contribution is -2.52. The van der Waals surface area contributed by atoms with Crippen molar-refractivity contribution in [2.75, 3.05) is 33.1 Å². The van der Waals surface area contributed by atoms with Crippen LogP contribution in [0.1, 0.15) is 11.1 Å². The van der Waals surface area contributed by atoms with E-state index in [2.05, 4.69) is 5.32 Å². The summed E-state index contributed by atoms with van der Waals surface area (Å²) in [5.41, 5.74) is 1.97. The van der Waals surface area contributed by atoms with Crippen molar-refractivity contribution in [3.05, 3.63) is 59.2 Å². The number of hydrogen-bond acceptors (Lipinski definition) is 6. The van der Waals surface area contributed by atoms with Gasteiger partial charge in [0.05, 0.1) is 7.11 Å². The first kappa shape index (κ1) is 22.5. The first-order chi connectivity index (χ1) is 15.2. The van der Waals surface area contributed by atoms with Crippen LogP contribution < -0.4 is 14.8 Å². The van der Waals surface area contributed by atoms with E-state index >= 15 is 0 Å². The van der Waals surface area contributed by atoms with E-state index in [0.717, 1.165) is 15.4 Å². The largest absolute Gasteiger partial charge is 0.493 e. The van der Waals surface area contributed by atoms with Gasteiger partial charge in [-0.25, -0.2) is 4.79 Å². The highest BCUT2D eigenvalue weighted by atomic mass is 16.5. The number of nitrogens with one attached hydrogen (secondary N) is 1. The summed E-state index contributed by atoms with van der Waals surface area (Å²) in [6.45, 7) is 1.65. The Hall–Kier alpha value is -4.14. The Labute approximate surface area is 185 Å². The van der Waals surface area contributed by atoms with Crippen LogP contribution in [0.4, 0.5) is 10.5 Å². The number of benzene rings is 2. The van der Waals surface area contributed by atoms with Crippen molar-refractivity contribution >= 4 is 35.5 Å². The van der Waals surface area contributed by atoms with Gasteiger partial charge in [-0.15, -0.1) is 0 Å². The molecular formula is C23H23N3O6. The molecule has 1 fully saturated rings. The number of hydrogen-bond donors (Lipinski definition) is 1. The Bertz CT molecular complexity index is 1100. The van der Waals surface area contributed by atoms with Crippen molar-refractivity contribution in [2.45, 2.75) is 6.92 Å². The molecule has 9 heteroatoms. The molecule has 0 aliphatic carbocycles. The van der Waals surface area contributed by atoms with E-state index in [-0.39, 0.29) is 18.1 Å². The summed E-state index contributed by atoms with van der Waals surface area (Å²) in [7, 11) is 4.05. The molecule has 1 saturated heterocycles. The van der Waals surface area contributed by atoms with Gasteiger partial charge in [0, 0.05) is 19.8 Å². The Balaban J connectivity index is 1.75. The number of amides is 5. The SMILES string of the molecule is COc1cc(C=C2C(=O)N(C)C(=O)N(C)C2=O)ccc1OCC(=O)Nc1ccccc1C. The van der Waals surface area contributed by atoms with Gasteiger partial charge in [0.1, 0.15) is 5.57 Å². The average Bonchev–Trinajstić information content (AvgIpc) is 2.79. The van der Waals surface area contributed by atoms with E-state index in [9.17, 15) is 19.2 Å². The maximum Gasteiger partial charge on any atom is 0.333 e. The van der Waals surface area contributed by atoms with Crippen molar-refractivity contribution in [1.29, 1.82) is 0 Å². The molecule has 0 aromatic heterocycles. The number of ether oxygens (including phenoxy) is 2. The van der Waals surface area contributed by atoms with Gasteiger partial charge in [0.2, 0.25) is 0 Å². The molecule has 9 nitrogen and oxygen atoms in total. The number of carbonyl (C=O) groups is 4. The standard InChI is InChI=1S/C23H23N3O6/c1-14-7-5-6-8-17(14)24-20(27)13-32-18-10-9-15(12-19(18)31-4)11-16-21(28)25(2)23(30)26(3)22(16)29/h5-12H,13H2,1-4H3,(H,24,27). The smallest absolute Gasteiger partial charge is 0.333 e.